The molecule has 92 valence electrons. The number of hydrogen-bond acceptors (Lipinski definition) is 3. The first-order valence-electron chi connectivity index (χ1n) is 5.70. The molecule has 2 aromatic rings. The molecule has 0 atom stereocenters. The summed E-state index contributed by atoms with van der Waals surface area (Å²) < 4.78 is 0. The van der Waals surface area contributed by atoms with E-state index < -0.39 is 0 Å². The predicted octanol–water partition coefficient (Wildman–Crippen LogP) is 2.46. The number of rotatable bonds is 3. The van der Waals surface area contributed by atoms with E-state index in [2.05, 4.69) is 10.3 Å². The van der Waals surface area contributed by atoms with Gasteiger partial charge in [0.15, 0.2) is 0 Å². The standard InChI is InChI=1S/C14H14N2O2/c1-9-7-15-8-11-3-4-12(6-13(9)11)16-14(18)5-10(2)17/h3-4,6-8H,5H2,1-2H3,(H,16,18). The molecule has 1 N–H and O–H groups in total. The lowest BCUT2D eigenvalue weighted by Gasteiger charge is -2.07. The Bertz CT molecular complexity index is 620. The summed E-state index contributed by atoms with van der Waals surface area (Å²) in [5, 5.41) is 4.79. The summed E-state index contributed by atoms with van der Waals surface area (Å²) >= 11 is 0. The number of carbonyl (C=O) groups excluding carboxylic acids is 2. The van der Waals surface area contributed by atoms with Gasteiger partial charge in [0.1, 0.15) is 5.78 Å². The maximum Gasteiger partial charge on any atom is 0.231 e. The molecule has 0 spiro atoms. The Morgan fingerprint density at radius 3 is 2.78 bits per heavy atom. The Kier molecular flexibility index (Phi) is 3.37. The molecule has 0 aliphatic rings. The summed E-state index contributed by atoms with van der Waals surface area (Å²) in [7, 11) is 0. The zero-order valence-electron chi connectivity index (χ0n) is 10.4. The quantitative estimate of drug-likeness (QED) is 0.841. The lowest BCUT2D eigenvalue weighted by molar-refractivity contribution is -0.124. The number of amides is 1. The van der Waals surface area contributed by atoms with Crippen molar-refractivity contribution in [2.45, 2.75) is 20.3 Å². The fourth-order valence-corrected chi connectivity index (χ4v) is 1.82. The number of carbonyl (C=O) groups is 2. The largest absolute Gasteiger partial charge is 0.326 e. The van der Waals surface area contributed by atoms with Crippen molar-refractivity contribution < 1.29 is 9.59 Å². The lowest BCUT2D eigenvalue weighted by Crippen LogP contribution is -2.14. The lowest BCUT2D eigenvalue weighted by atomic mass is 10.1. The van der Waals surface area contributed by atoms with Gasteiger partial charge in [0.25, 0.3) is 0 Å². The van der Waals surface area contributed by atoms with E-state index in [0.717, 1.165) is 16.3 Å². The van der Waals surface area contributed by atoms with Gasteiger partial charge in [0.2, 0.25) is 5.91 Å². The summed E-state index contributed by atoms with van der Waals surface area (Å²) in [4.78, 5) is 26.5. The molecule has 1 aromatic carbocycles. The monoisotopic (exact) mass is 242 g/mol. The van der Waals surface area contributed by atoms with Crippen molar-refractivity contribution in [3.05, 3.63) is 36.2 Å². The number of ketones is 1. The predicted molar refractivity (Wildman–Crippen MR) is 70.4 cm³/mol. The first kappa shape index (κ1) is 12.2. The van der Waals surface area contributed by atoms with Crippen LogP contribution < -0.4 is 5.32 Å². The van der Waals surface area contributed by atoms with Gasteiger partial charge in [-0.05, 0) is 36.9 Å². The van der Waals surface area contributed by atoms with E-state index in [1.54, 1.807) is 12.4 Å². The fourth-order valence-electron chi connectivity index (χ4n) is 1.82. The molecule has 1 amide bonds. The Labute approximate surface area is 105 Å². The highest BCUT2D eigenvalue weighted by Gasteiger charge is 2.06. The zero-order valence-corrected chi connectivity index (χ0v) is 10.4. The van der Waals surface area contributed by atoms with E-state index >= 15 is 0 Å². The molecule has 1 aromatic heterocycles. The summed E-state index contributed by atoms with van der Waals surface area (Å²) in [5.74, 6) is -0.428. The second kappa shape index (κ2) is 4.96. The van der Waals surface area contributed by atoms with Crippen LogP contribution in [0.2, 0.25) is 0 Å². The van der Waals surface area contributed by atoms with Crippen molar-refractivity contribution in [1.29, 1.82) is 0 Å². The molecule has 4 nitrogen and oxygen atoms in total. The van der Waals surface area contributed by atoms with Crippen molar-refractivity contribution in [1.82, 2.24) is 4.98 Å². The van der Waals surface area contributed by atoms with Crippen molar-refractivity contribution in [2.24, 2.45) is 0 Å². The van der Waals surface area contributed by atoms with E-state index in [1.165, 1.54) is 6.92 Å². The highest BCUT2D eigenvalue weighted by Crippen LogP contribution is 2.21. The van der Waals surface area contributed by atoms with Crippen LogP contribution in [0.15, 0.2) is 30.6 Å². The van der Waals surface area contributed by atoms with Crippen LogP contribution in [0.25, 0.3) is 10.8 Å². The van der Waals surface area contributed by atoms with Crippen LogP contribution in [0.1, 0.15) is 18.9 Å². The van der Waals surface area contributed by atoms with Crippen LogP contribution in [0.5, 0.6) is 0 Å². The average Bonchev–Trinajstić information content (AvgIpc) is 2.29. The number of nitrogens with one attached hydrogen (secondary N) is 1. The van der Waals surface area contributed by atoms with Gasteiger partial charge in [0, 0.05) is 23.5 Å². The minimum Gasteiger partial charge on any atom is -0.326 e. The van der Waals surface area contributed by atoms with Crippen molar-refractivity contribution in [2.75, 3.05) is 5.32 Å². The Morgan fingerprint density at radius 2 is 2.06 bits per heavy atom. The van der Waals surface area contributed by atoms with Crippen molar-refractivity contribution in [3.8, 4) is 0 Å². The summed E-state index contributed by atoms with van der Waals surface area (Å²) in [5.41, 5.74) is 1.75. The van der Waals surface area contributed by atoms with Gasteiger partial charge in [-0.25, -0.2) is 0 Å². The van der Waals surface area contributed by atoms with Crippen LogP contribution in [-0.4, -0.2) is 16.7 Å². The second-order valence-electron chi connectivity index (χ2n) is 4.32. The van der Waals surface area contributed by atoms with Crippen molar-refractivity contribution >= 4 is 28.2 Å². The second-order valence-corrected chi connectivity index (χ2v) is 4.32. The normalized spacial score (nSPS) is 10.3. The third kappa shape index (κ3) is 2.71. The van der Waals surface area contributed by atoms with Crippen LogP contribution >= 0.6 is 0 Å². The molecule has 0 aliphatic carbocycles. The molecule has 0 saturated carbocycles. The van der Waals surface area contributed by atoms with Gasteiger partial charge in [-0.3, -0.25) is 14.6 Å². The van der Waals surface area contributed by atoms with Gasteiger partial charge in [-0.15, -0.1) is 0 Å². The molecular formula is C14H14N2O2. The van der Waals surface area contributed by atoms with Crippen LogP contribution in [-0.2, 0) is 9.59 Å². The third-order valence-electron chi connectivity index (χ3n) is 2.65. The summed E-state index contributed by atoms with van der Waals surface area (Å²) in [6.07, 6.45) is 3.47. The Balaban J connectivity index is 2.27. The maximum absolute atomic E-state index is 11.5. The number of aromatic nitrogens is 1. The first-order chi connectivity index (χ1) is 8.56. The molecule has 2 rings (SSSR count). The number of aryl methyl sites for hydroxylation is 1. The topological polar surface area (TPSA) is 59.1 Å². The first-order valence-corrected chi connectivity index (χ1v) is 5.70. The number of benzene rings is 1. The molecule has 0 radical (unpaired) electrons. The Hall–Kier alpha value is -2.23. The van der Waals surface area contributed by atoms with Crippen LogP contribution in [0.4, 0.5) is 5.69 Å². The maximum atomic E-state index is 11.5. The zero-order chi connectivity index (χ0) is 13.1. The summed E-state index contributed by atoms with van der Waals surface area (Å²) in [6, 6.07) is 5.60. The molecule has 4 heteroatoms. The van der Waals surface area contributed by atoms with Crippen LogP contribution in [0, 0.1) is 6.92 Å². The molecule has 0 aliphatic heterocycles. The van der Waals surface area contributed by atoms with E-state index in [0.29, 0.717) is 5.69 Å². The molecular weight excluding hydrogens is 228 g/mol. The highest BCUT2D eigenvalue weighted by atomic mass is 16.2. The molecule has 0 bridgehead atoms. The highest BCUT2D eigenvalue weighted by molar-refractivity contribution is 6.04. The number of anilines is 1. The minimum absolute atomic E-state index is 0.0899. The third-order valence-corrected chi connectivity index (χ3v) is 2.65. The molecule has 18 heavy (non-hydrogen) atoms. The van der Waals surface area contributed by atoms with Gasteiger partial charge in [-0.2, -0.15) is 0 Å². The molecule has 0 unspecified atom stereocenters. The Morgan fingerprint density at radius 1 is 1.28 bits per heavy atom. The van der Waals surface area contributed by atoms with E-state index in [4.69, 9.17) is 0 Å². The van der Waals surface area contributed by atoms with Crippen molar-refractivity contribution in [3.63, 3.8) is 0 Å². The average molecular weight is 242 g/mol. The number of pyridine rings is 1. The smallest absolute Gasteiger partial charge is 0.231 e. The van der Waals surface area contributed by atoms with E-state index in [9.17, 15) is 9.59 Å². The van der Waals surface area contributed by atoms with Gasteiger partial charge >= 0.3 is 0 Å². The van der Waals surface area contributed by atoms with Crippen LogP contribution in [0.3, 0.4) is 0 Å². The number of hydrogen-bond donors (Lipinski definition) is 1. The molecule has 1 heterocycles. The number of fused-ring (bicyclic) bond motifs is 1. The SMILES string of the molecule is CC(=O)CC(=O)Nc1ccc2cncc(C)c2c1. The fraction of sp³-hybridized carbons (Fsp3) is 0.214. The minimum atomic E-state index is -0.284. The number of nitrogens with zero attached hydrogens (tertiary/aromatic N) is 1. The van der Waals surface area contributed by atoms with Gasteiger partial charge in [0.05, 0.1) is 6.42 Å². The van der Waals surface area contributed by atoms with E-state index in [1.807, 2.05) is 25.1 Å². The van der Waals surface area contributed by atoms with E-state index in [-0.39, 0.29) is 18.1 Å². The molecule has 0 saturated heterocycles. The molecule has 0 fully saturated rings. The van der Waals surface area contributed by atoms with Gasteiger partial charge in [-0.1, -0.05) is 6.07 Å². The number of Topliss-reactive ketones (excluding diaryl/α,β-unsaturated/α-hetero) is 1. The van der Waals surface area contributed by atoms with Gasteiger partial charge < -0.3 is 5.32 Å². The summed E-state index contributed by atoms with van der Waals surface area (Å²) in [6.45, 7) is 3.37.